The van der Waals surface area contributed by atoms with Gasteiger partial charge < -0.3 is 21.1 Å². The Bertz CT molecular complexity index is 1290. The van der Waals surface area contributed by atoms with Crippen molar-refractivity contribution < 1.29 is 27.9 Å². The summed E-state index contributed by atoms with van der Waals surface area (Å²) < 4.78 is 41.0. The number of aromatic nitrogens is 3. The number of hydrogen-bond donors (Lipinski definition) is 3. The van der Waals surface area contributed by atoms with Crippen LogP contribution in [0.1, 0.15) is 46.8 Å². The molecule has 4 rings (SSSR count). The van der Waals surface area contributed by atoms with Gasteiger partial charge in [0.05, 0.1) is 17.7 Å². The minimum Gasteiger partial charge on any atom is -0.465 e. The van der Waals surface area contributed by atoms with Crippen molar-refractivity contribution in [2.45, 2.75) is 44.2 Å². The minimum atomic E-state index is -4.63. The number of halogens is 3. The van der Waals surface area contributed by atoms with E-state index in [2.05, 4.69) is 20.3 Å². The molecule has 12 heteroatoms. The summed E-state index contributed by atoms with van der Waals surface area (Å²) in [5.41, 5.74) is 6.88. The first kappa shape index (κ1) is 26.8. The van der Waals surface area contributed by atoms with Crippen molar-refractivity contribution in [1.29, 1.82) is 0 Å². The number of carbonyl (C=O) groups excluding carboxylic acids is 1. The molecule has 0 spiro atoms. The average Bonchev–Trinajstić information content (AvgIpc) is 2.88. The van der Waals surface area contributed by atoms with E-state index in [1.165, 1.54) is 11.1 Å². The van der Waals surface area contributed by atoms with Crippen LogP contribution in [-0.4, -0.2) is 50.0 Å². The van der Waals surface area contributed by atoms with Crippen molar-refractivity contribution in [3.05, 3.63) is 76.9 Å². The minimum absolute atomic E-state index is 0.0221. The topological polar surface area (TPSA) is 134 Å². The van der Waals surface area contributed by atoms with Crippen LogP contribution in [0.2, 0.25) is 0 Å². The highest BCUT2D eigenvalue weighted by molar-refractivity contribution is 5.76. The van der Waals surface area contributed by atoms with Crippen LogP contribution in [-0.2, 0) is 30.2 Å². The third-order valence-corrected chi connectivity index (χ3v) is 6.52. The third kappa shape index (κ3) is 6.75. The number of nitrogens with zero attached hydrogens (tertiary/aromatic N) is 4. The highest BCUT2D eigenvalue weighted by Gasteiger charge is 2.35. The molecular formula is C26H27F3N6O3. The number of pyridine rings is 1. The lowest BCUT2D eigenvalue weighted by Gasteiger charge is -2.30. The number of hydrogen-bond acceptors (Lipinski definition) is 6. The lowest BCUT2D eigenvalue weighted by Crippen LogP contribution is -2.36. The quantitative estimate of drug-likeness (QED) is 0.397. The number of carboxylic acid groups (broad SMARTS) is 1. The molecule has 4 N–H and O–H groups in total. The maximum absolute atomic E-state index is 13.7. The Hall–Kier alpha value is -4.22. The molecule has 1 aliphatic rings. The zero-order valence-electron chi connectivity index (χ0n) is 20.4. The van der Waals surface area contributed by atoms with E-state index < -0.39 is 23.7 Å². The fraction of sp³-hybridized carbons (Fsp3) is 0.346. The predicted octanol–water partition coefficient (Wildman–Crippen LogP) is 4.30. The molecule has 2 aromatic heterocycles. The van der Waals surface area contributed by atoms with E-state index in [4.69, 9.17) is 10.8 Å². The van der Waals surface area contributed by atoms with Crippen molar-refractivity contribution in [1.82, 2.24) is 19.9 Å². The molecule has 3 heterocycles. The summed E-state index contributed by atoms with van der Waals surface area (Å²) in [7, 11) is 0. The van der Waals surface area contributed by atoms with Crippen molar-refractivity contribution >= 4 is 23.6 Å². The van der Waals surface area contributed by atoms with Gasteiger partial charge in [-0.05, 0) is 60.9 Å². The molecule has 1 aliphatic heterocycles. The molecule has 0 bridgehead atoms. The summed E-state index contributed by atoms with van der Waals surface area (Å²) in [4.78, 5) is 36.1. The first-order valence-corrected chi connectivity index (χ1v) is 12.1. The molecule has 1 fully saturated rings. The largest absolute Gasteiger partial charge is 0.465 e. The van der Waals surface area contributed by atoms with Gasteiger partial charge >= 0.3 is 12.3 Å². The smallest absolute Gasteiger partial charge is 0.419 e. The van der Waals surface area contributed by atoms with Gasteiger partial charge in [0, 0.05) is 36.9 Å². The van der Waals surface area contributed by atoms with E-state index in [0.29, 0.717) is 30.0 Å². The van der Waals surface area contributed by atoms with Gasteiger partial charge in [-0.1, -0.05) is 18.2 Å². The Morgan fingerprint density at radius 3 is 2.37 bits per heavy atom. The Morgan fingerprint density at radius 2 is 1.74 bits per heavy atom. The summed E-state index contributed by atoms with van der Waals surface area (Å²) in [6, 6.07) is 10.7. The second-order valence-corrected chi connectivity index (χ2v) is 9.09. The number of alkyl halides is 3. The van der Waals surface area contributed by atoms with E-state index in [0.717, 1.165) is 24.6 Å². The number of piperidine rings is 1. The number of carbonyl (C=O) groups is 2. The van der Waals surface area contributed by atoms with Crippen LogP contribution in [0.15, 0.2) is 48.8 Å². The molecule has 1 saturated heterocycles. The number of benzene rings is 1. The standard InChI is InChI=1S/C26H27F3N6O3/c27-26(28,29)20-15-32-24(34-22(20)8-7-21-18(14-23(30)36)2-1-11-31-21)33-19-5-3-16(4-6-19)17-9-12-35(13-10-17)25(37)38/h1-6,11,15,17H,7-10,12-14H2,(H2,30,36)(H,37,38)(H,32,33,34). The van der Waals surface area contributed by atoms with Gasteiger partial charge in [0.1, 0.15) is 0 Å². The molecule has 0 atom stereocenters. The number of rotatable bonds is 8. The van der Waals surface area contributed by atoms with Crippen LogP contribution in [0.5, 0.6) is 0 Å². The van der Waals surface area contributed by atoms with Crippen LogP contribution in [0, 0.1) is 0 Å². The molecule has 1 aromatic carbocycles. The fourth-order valence-electron chi connectivity index (χ4n) is 4.56. The number of aryl methyl sites for hydroxylation is 2. The van der Waals surface area contributed by atoms with Crippen molar-refractivity contribution in [3.8, 4) is 0 Å². The van der Waals surface area contributed by atoms with Crippen LogP contribution < -0.4 is 11.1 Å². The van der Waals surface area contributed by atoms with Gasteiger partial charge in [0.2, 0.25) is 11.9 Å². The number of nitrogens with two attached hydrogens (primary N) is 1. The first-order chi connectivity index (χ1) is 18.1. The number of likely N-dealkylation sites (tertiary alicyclic amines) is 1. The summed E-state index contributed by atoms with van der Waals surface area (Å²) >= 11 is 0. The maximum atomic E-state index is 13.7. The zero-order chi connectivity index (χ0) is 27.3. The second kappa shape index (κ2) is 11.4. The summed E-state index contributed by atoms with van der Waals surface area (Å²) in [6.45, 7) is 0.954. The van der Waals surface area contributed by atoms with E-state index in [1.54, 1.807) is 24.3 Å². The highest BCUT2D eigenvalue weighted by atomic mass is 19.4. The van der Waals surface area contributed by atoms with E-state index >= 15 is 0 Å². The predicted molar refractivity (Wildman–Crippen MR) is 133 cm³/mol. The number of anilines is 2. The SMILES string of the molecule is NC(=O)Cc1cccnc1CCc1nc(Nc2ccc(C3CCN(C(=O)O)CC3)cc2)ncc1C(F)(F)F. The summed E-state index contributed by atoms with van der Waals surface area (Å²) in [5, 5.41) is 12.1. The molecular weight excluding hydrogens is 501 g/mol. The number of amides is 2. The van der Waals surface area contributed by atoms with Crippen LogP contribution >= 0.6 is 0 Å². The number of primary amides is 1. The van der Waals surface area contributed by atoms with E-state index in [-0.39, 0.29) is 36.8 Å². The maximum Gasteiger partial charge on any atom is 0.419 e. The Balaban J connectivity index is 1.47. The lowest BCUT2D eigenvalue weighted by atomic mass is 9.89. The van der Waals surface area contributed by atoms with Crippen molar-refractivity contribution in [2.75, 3.05) is 18.4 Å². The van der Waals surface area contributed by atoms with E-state index in [1.807, 2.05) is 12.1 Å². The normalized spacial score (nSPS) is 14.3. The fourth-order valence-corrected chi connectivity index (χ4v) is 4.56. The van der Waals surface area contributed by atoms with Crippen LogP contribution in [0.3, 0.4) is 0 Å². The average molecular weight is 529 g/mol. The molecule has 9 nitrogen and oxygen atoms in total. The molecule has 2 amide bonds. The highest BCUT2D eigenvalue weighted by Crippen LogP contribution is 2.33. The molecule has 0 aliphatic carbocycles. The Morgan fingerprint density at radius 1 is 1.05 bits per heavy atom. The molecule has 38 heavy (non-hydrogen) atoms. The molecule has 200 valence electrons. The van der Waals surface area contributed by atoms with Gasteiger partial charge in [-0.15, -0.1) is 0 Å². The summed E-state index contributed by atoms with van der Waals surface area (Å²) in [6.07, 6.45) is -1.81. The molecule has 0 radical (unpaired) electrons. The van der Waals surface area contributed by atoms with Gasteiger partial charge in [0.15, 0.2) is 0 Å². The van der Waals surface area contributed by atoms with Crippen LogP contribution in [0.25, 0.3) is 0 Å². The lowest BCUT2D eigenvalue weighted by molar-refractivity contribution is -0.138. The second-order valence-electron chi connectivity index (χ2n) is 9.09. The third-order valence-electron chi connectivity index (χ3n) is 6.52. The van der Waals surface area contributed by atoms with Gasteiger partial charge in [-0.25, -0.2) is 14.8 Å². The number of nitrogens with one attached hydrogen (secondary N) is 1. The Kier molecular flexibility index (Phi) is 8.08. The monoisotopic (exact) mass is 528 g/mol. The molecule has 0 saturated carbocycles. The Labute approximate surface area is 216 Å². The van der Waals surface area contributed by atoms with Crippen molar-refractivity contribution in [2.24, 2.45) is 5.73 Å². The first-order valence-electron chi connectivity index (χ1n) is 12.1. The van der Waals surface area contributed by atoms with Gasteiger partial charge in [0.25, 0.3) is 0 Å². The van der Waals surface area contributed by atoms with Gasteiger partial charge in [-0.2, -0.15) is 13.2 Å². The molecule has 3 aromatic rings. The van der Waals surface area contributed by atoms with Crippen LogP contribution in [0.4, 0.5) is 29.6 Å². The summed E-state index contributed by atoms with van der Waals surface area (Å²) in [5.74, 6) is -0.297. The van der Waals surface area contributed by atoms with Crippen molar-refractivity contribution in [3.63, 3.8) is 0 Å². The molecule has 0 unspecified atom stereocenters. The zero-order valence-corrected chi connectivity index (χ0v) is 20.4. The van der Waals surface area contributed by atoms with E-state index in [9.17, 15) is 22.8 Å². The van der Waals surface area contributed by atoms with Gasteiger partial charge in [-0.3, -0.25) is 9.78 Å².